The van der Waals surface area contributed by atoms with Gasteiger partial charge < -0.3 is 19.5 Å². The van der Waals surface area contributed by atoms with Gasteiger partial charge in [0, 0.05) is 6.08 Å². The minimum atomic E-state index is -0.280. The molecule has 0 aliphatic heterocycles. The fraction of sp³-hybridized carbons (Fsp3) is 0.211. The second-order valence-electron chi connectivity index (χ2n) is 4.99. The monoisotopic (exact) mass is 361 g/mol. The Morgan fingerprint density at radius 3 is 2.60 bits per heavy atom. The van der Waals surface area contributed by atoms with Crippen molar-refractivity contribution in [1.82, 2.24) is 0 Å². The summed E-state index contributed by atoms with van der Waals surface area (Å²) in [4.78, 5) is 12.2. The molecule has 2 aromatic rings. The van der Waals surface area contributed by atoms with Crippen molar-refractivity contribution in [2.24, 2.45) is 0 Å². The number of carbonyl (C=O) groups is 1. The third kappa shape index (κ3) is 4.90. The van der Waals surface area contributed by atoms with Crippen molar-refractivity contribution in [1.29, 1.82) is 0 Å². The van der Waals surface area contributed by atoms with Crippen molar-refractivity contribution in [3.8, 4) is 17.2 Å². The number of halogens is 1. The maximum absolute atomic E-state index is 12.2. The van der Waals surface area contributed by atoms with Crippen LogP contribution in [0.4, 0.5) is 5.69 Å². The number of carbonyl (C=O) groups excluding carboxylic acids is 1. The van der Waals surface area contributed by atoms with Crippen LogP contribution in [0.15, 0.2) is 42.5 Å². The summed E-state index contributed by atoms with van der Waals surface area (Å²) in [7, 11) is 3.04. The van der Waals surface area contributed by atoms with Gasteiger partial charge in [-0.15, -0.1) is 0 Å². The molecule has 2 rings (SSSR count). The summed E-state index contributed by atoms with van der Waals surface area (Å²) in [5, 5.41) is 3.20. The van der Waals surface area contributed by atoms with Crippen LogP contribution in [-0.4, -0.2) is 26.7 Å². The lowest BCUT2D eigenvalue weighted by atomic mass is 10.2. The minimum Gasteiger partial charge on any atom is -0.493 e. The number of benzene rings is 2. The van der Waals surface area contributed by atoms with Crippen molar-refractivity contribution in [2.45, 2.75) is 6.92 Å². The molecule has 0 unspecified atom stereocenters. The molecule has 0 aliphatic carbocycles. The van der Waals surface area contributed by atoms with Gasteiger partial charge in [0.1, 0.15) is 5.75 Å². The smallest absolute Gasteiger partial charge is 0.248 e. The second kappa shape index (κ2) is 8.99. The fourth-order valence-electron chi connectivity index (χ4n) is 2.23. The summed E-state index contributed by atoms with van der Waals surface area (Å²) in [5.41, 5.74) is 1.33. The van der Waals surface area contributed by atoms with Crippen molar-refractivity contribution in [3.05, 3.63) is 53.1 Å². The number of amides is 1. The minimum absolute atomic E-state index is 0.280. The standard InChI is InChI=1S/C19H20ClNO4/c1-4-25-16-8-6-5-7-15(16)21-18(22)10-9-13-11-14(20)19(24-3)17(12-13)23-2/h5-12H,4H2,1-3H3,(H,21,22)/b10-9+. The Hall–Kier alpha value is -2.66. The van der Waals surface area contributed by atoms with E-state index in [0.717, 1.165) is 5.56 Å². The summed E-state index contributed by atoms with van der Waals surface area (Å²) in [5.74, 6) is 1.30. The average Bonchev–Trinajstić information content (AvgIpc) is 2.61. The van der Waals surface area contributed by atoms with Crippen molar-refractivity contribution < 1.29 is 19.0 Å². The topological polar surface area (TPSA) is 56.8 Å². The van der Waals surface area contributed by atoms with Crippen LogP contribution in [0.25, 0.3) is 6.08 Å². The third-order valence-electron chi connectivity index (χ3n) is 3.33. The molecule has 1 amide bonds. The van der Waals surface area contributed by atoms with Crippen LogP contribution in [-0.2, 0) is 4.79 Å². The SMILES string of the molecule is CCOc1ccccc1NC(=O)/C=C/c1cc(Cl)c(OC)c(OC)c1. The predicted octanol–water partition coefficient (Wildman–Crippen LogP) is 4.41. The lowest BCUT2D eigenvalue weighted by Crippen LogP contribution is -2.09. The molecule has 0 heterocycles. The third-order valence-corrected chi connectivity index (χ3v) is 3.61. The molecule has 0 aromatic heterocycles. The number of hydrogen-bond acceptors (Lipinski definition) is 4. The van der Waals surface area contributed by atoms with Gasteiger partial charge in [-0.1, -0.05) is 23.7 Å². The second-order valence-corrected chi connectivity index (χ2v) is 5.40. The molecule has 5 nitrogen and oxygen atoms in total. The molecular formula is C19H20ClNO4. The molecule has 0 bridgehead atoms. The van der Waals surface area contributed by atoms with Crippen LogP contribution in [0, 0.1) is 0 Å². The van der Waals surface area contributed by atoms with Crippen LogP contribution < -0.4 is 19.5 Å². The Balaban J connectivity index is 2.14. The molecule has 0 saturated carbocycles. The van der Waals surface area contributed by atoms with E-state index in [0.29, 0.717) is 34.6 Å². The Morgan fingerprint density at radius 1 is 1.16 bits per heavy atom. The highest BCUT2D eigenvalue weighted by molar-refractivity contribution is 6.32. The molecule has 6 heteroatoms. The summed E-state index contributed by atoms with van der Waals surface area (Å²) in [6.07, 6.45) is 3.06. The number of para-hydroxylation sites is 2. The molecule has 1 N–H and O–H groups in total. The van der Waals surface area contributed by atoms with Gasteiger partial charge in [0.2, 0.25) is 5.91 Å². The van der Waals surface area contributed by atoms with E-state index in [1.165, 1.54) is 20.3 Å². The van der Waals surface area contributed by atoms with Gasteiger partial charge in [-0.2, -0.15) is 0 Å². The van der Waals surface area contributed by atoms with E-state index in [1.807, 2.05) is 19.1 Å². The van der Waals surface area contributed by atoms with Crippen molar-refractivity contribution in [3.63, 3.8) is 0 Å². The van der Waals surface area contributed by atoms with E-state index < -0.39 is 0 Å². The molecule has 0 saturated heterocycles. The Morgan fingerprint density at radius 2 is 1.92 bits per heavy atom. The van der Waals surface area contributed by atoms with Gasteiger partial charge in [-0.3, -0.25) is 4.79 Å². The predicted molar refractivity (Wildman–Crippen MR) is 99.8 cm³/mol. The summed E-state index contributed by atoms with van der Waals surface area (Å²) < 4.78 is 15.9. The highest BCUT2D eigenvalue weighted by Crippen LogP contribution is 2.36. The maximum Gasteiger partial charge on any atom is 0.248 e. The van der Waals surface area contributed by atoms with Gasteiger partial charge >= 0.3 is 0 Å². The zero-order chi connectivity index (χ0) is 18.2. The van der Waals surface area contributed by atoms with E-state index >= 15 is 0 Å². The lowest BCUT2D eigenvalue weighted by molar-refractivity contribution is -0.111. The number of methoxy groups -OCH3 is 2. The molecule has 0 fully saturated rings. The Labute approximate surface area is 152 Å². The molecule has 25 heavy (non-hydrogen) atoms. The first kappa shape index (κ1) is 18.7. The molecular weight excluding hydrogens is 342 g/mol. The van der Waals surface area contributed by atoms with Crippen LogP contribution in [0.1, 0.15) is 12.5 Å². The average molecular weight is 362 g/mol. The first-order valence-corrected chi connectivity index (χ1v) is 8.09. The van der Waals surface area contributed by atoms with Gasteiger partial charge in [0.15, 0.2) is 11.5 Å². The number of ether oxygens (including phenoxy) is 3. The fourth-order valence-corrected chi connectivity index (χ4v) is 2.53. The molecule has 132 valence electrons. The number of anilines is 1. The molecule has 0 atom stereocenters. The van der Waals surface area contributed by atoms with Gasteiger partial charge in [-0.05, 0) is 42.8 Å². The molecule has 2 aromatic carbocycles. The summed E-state index contributed by atoms with van der Waals surface area (Å²) >= 11 is 6.16. The highest BCUT2D eigenvalue weighted by Gasteiger charge is 2.10. The van der Waals surface area contributed by atoms with E-state index in [2.05, 4.69) is 5.32 Å². The zero-order valence-corrected chi connectivity index (χ0v) is 15.1. The summed E-state index contributed by atoms with van der Waals surface area (Å²) in [6, 6.07) is 10.7. The van der Waals surface area contributed by atoms with Crippen LogP contribution in [0.3, 0.4) is 0 Å². The first-order valence-electron chi connectivity index (χ1n) is 7.71. The molecule has 0 spiro atoms. The van der Waals surface area contributed by atoms with E-state index in [4.69, 9.17) is 25.8 Å². The van der Waals surface area contributed by atoms with Crippen molar-refractivity contribution in [2.75, 3.05) is 26.1 Å². The molecule has 0 radical (unpaired) electrons. The van der Waals surface area contributed by atoms with Crippen LogP contribution >= 0.6 is 11.6 Å². The Kier molecular flexibility index (Phi) is 6.71. The van der Waals surface area contributed by atoms with Gasteiger partial charge in [0.25, 0.3) is 0 Å². The normalized spacial score (nSPS) is 10.6. The van der Waals surface area contributed by atoms with Crippen LogP contribution in [0.2, 0.25) is 5.02 Å². The zero-order valence-electron chi connectivity index (χ0n) is 14.3. The first-order chi connectivity index (χ1) is 12.1. The van der Waals surface area contributed by atoms with Gasteiger partial charge in [-0.25, -0.2) is 0 Å². The Bertz CT molecular complexity index is 774. The maximum atomic E-state index is 12.2. The van der Waals surface area contributed by atoms with E-state index in [1.54, 1.807) is 30.3 Å². The molecule has 0 aliphatic rings. The van der Waals surface area contributed by atoms with E-state index in [9.17, 15) is 4.79 Å². The van der Waals surface area contributed by atoms with Gasteiger partial charge in [0.05, 0.1) is 31.5 Å². The van der Waals surface area contributed by atoms with Crippen LogP contribution in [0.5, 0.6) is 17.2 Å². The quantitative estimate of drug-likeness (QED) is 0.742. The highest BCUT2D eigenvalue weighted by atomic mass is 35.5. The number of rotatable bonds is 7. The largest absolute Gasteiger partial charge is 0.493 e. The number of hydrogen-bond donors (Lipinski definition) is 1. The van der Waals surface area contributed by atoms with Crippen molar-refractivity contribution >= 4 is 29.3 Å². The lowest BCUT2D eigenvalue weighted by Gasteiger charge is -2.10. The van der Waals surface area contributed by atoms with E-state index in [-0.39, 0.29) is 5.91 Å². The number of nitrogens with one attached hydrogen (secondary N) is 1. The summed E-state index contributed by atoms with van der Waals surface area (Å²) in [6.45, 7) is 2.41.